The number of nitrogens with zero attached hydrogens (tertiary/aromatic N) is 3. The van der Waals surface area contributed by atoms with E-state index in [0.717, 1.165) is 35.2 Å². The summed E-state index contributed by atoms with van der Waals surface area (Å²) in [4.78, 5) is 9.27. The van der Waals surface area contributed by atoms with Crippen LogP contribution in [-0.4, -0.2) is 25.1 Å². The second-order valence-electron chi connectivity index (χ2n) is 5.63. The molecule has 3 rings (SSSR count). The first-order valence-corrected chi connectivity index (χ1v) is 9.20. The van der Waals surface area contributed by atoms with Crippen LogP contribution in [0.25, 0.3) is 11.3 Å². The van der Waals surface area contributed by atoms with Gasteiger partial charge in [0.05, 0.1) is 5.69 Å². The third-order valence-corrected chi connectivity index (χ3v) is 5.13. The van der Waals surface area contributed by atoms with Crippen molar-refractivity contribution in [3.05, 3.63) is 60.0 Å². The molecule has 0 fully saturated rings. The van der Waals surface area contributed by atoms with Crippen LogP contribution in [0.2, 0.25) is 0 Å². The third kappa shape index (κ3) is 3.44. The van der Waals surface area contributed by atoms with E-state index in [4.69, 9.17) is 4.98 Å². The predicted molar refractivity (Wildman–Crippen MR) is 106 cm³/mol. The molecule has 0 amide bonds. The number of benzene rings is 2. The van der Waals surface area contributed by atoms with Crippen LogP contribution in [0.3, 0.4) is 0 Å². The summed E-state index contributed by atoms with van der Waals surface area (Å²) in [5.41, 5.74) is 4.61. The first kappa shape index (κ1) is 16.5. The molecule has 1 heterocycles. The van der Waals surface area contributed by atoms with Gasteiger partial charge in [0, 0.05) is 42.5 Å². The number of rotatable bonds is 6. The predicted octanol–water partition coefficient (Wildman–Crippen LogP) is 5.42. The van der Waals surface area contributed by atoms with Gasteiger partial charge < -0.3 is 9.80 Å². The monoisotopic (exact) mass is 337 g/mol. The van der Waals surface area contributed by atoms with Crippen molar-refractivity contribution in [3.8, 4) is 11.3 Å². The first-order chi connectivity index (χ1) is 11.7. The van der Waals surface area contributed by atoms with Gasteiger partial charge in [-0.25, -0.2) is 4.98 Å². The number of anilines is 3. The second kappa shape index (κ2) is 7.49. The normalized spacial score (nSPS) is 10.6. The van der Waals surface area contributed by atoms with Gasteiger partial charge in [0.25, 0.3) is 0 Å². The van der Waals surface area contributed by atoms with Crippen molar-refractivity contribution in [3.63, 3.8) is 0 Å². The quantitative estimate of drug-likeness (QED) is 0.598. The van der Waals surface area contributed by atoms with Crippen LogP contribution in [0.5, 0.6) is 0 Å². The van der Waals surface area contributed by atoms with Crippen LogP contribution in [0, 0.1) is 0 Å². The molecule has 124 valence electrons. The summed E-state index contributed by atoms with van der Waals surface area (Å²) in [6.45, 7) is 6.42. The SMILES string of the molecule is CCN(CC)c1ccc(-c2csc(N(C)c3ccccc3)n2)cc1. The molecule has 4 heteroatoms. The molecule has 24 heavy (non-hydrogen) atoms. The zero-order valence-corrected chi connectivity index (χ0v) is 15.3. The molecule has 0 aliphatic rings. The average molecular weight is 337 g/mol. The van der Waals surface area contributed by atoms with Crippen molar-refractivity contribution in [1.29, 1.82) is 0 Å². The molecule has 0 N–H and O–H groups in total. The Morgan fingerprint density at radius 1 is 0.875 bits per heavy atom. The summed E-state index contributed by atoms with van der Waals surface area (Å²) in [6.07, 6.45) is 0. The highest BCUT2D eigenvalue weighted by Crippen LogP contribution is 2.31. The molecule has 2 aromatic carbocycles. The number of hydrogen-bond donors (Lipinski definition) is 0. The van der Waals surface area contributed by atoms with Gasteiger partial charge in [-0.3, -0.25) is 0 Å². The van der Waals surface area contributed by atoms with E-state index in [1.54, 1.807) is 11.3 Å². The Balaban J connectivity index is 1.80. The highest BCUT2D eigenvalue weighted by Gasteiger charge is 2.10. The molecular formula is C20H23N3S. The van der Waals surface area contributed by atoms with Gasteiger partial charge in [0.2, 0.25) is 0 Å². The van der Waals surface area contributed by atoms with E-state index in [1.165, 1.54) is 5.69 Å². The van der Waals surface area contributed by atoms with Crippen molar-refractivity contribution in [1.82, 2.24) is 4.98 Å². The van der Waals surface area contributed by atoms with Crippen molar-refractivity contribution in [2.45, 2.75) is 13.8 Å². The van der Waals surface area contributed by atoms with E-state index in [0.29, 0.717) is 0 Å². The zero-order valence-electron chi connectivity index (χ0n) is 14.4. The summed E-state index contributed by atoms with van der Waals surface area (Å²) in [7, 11) is 2.06. The molecule has 0 bridgehead atoms. The smallest absolute Gasteiger partial charge is 0.190 e. The molecular weight excluding hydrogens is 314 g/mol. The van der Waals surface area contributed by atoms with Crippen molar-refractivity contribution < 1.29 is 0 Å². The highest BCUT2D eigenvalue weighted by molar-refractivity contribution is 7.14. The van der Waals surface area contributed by atoms with Crippen LogP contribution in [0.4, 0.5) is 16.5 Å². The van der Waals surface area contributed by atoms with E-state index >= 15 is 0 Å². The van der Waals surface area contributed by atoms with Gasteiger partial charge in [-0.1, -0.05) is 30.3 Å². The van der Waals surface area contributed by atoms with Gasteiger partial charge >= 0.3 is 0 Å². The summed E-state index contributed by atoms with van der Waals surface area (Å²) >= 11 is 1.67. The fourth-order valence-corrected chi connectivity index (χ4v) is 3.57. The minimum atomic E-state index is 1.00. The van der Waals surface area contributed by atoms with Gasteiger partial charge in [-0.2, -0.15) is 0 Å². The molecule has 0 saturated carbocycles. The van der Waals surface area contributed by atoms with Crippen LogP contribution in [0.15, 0.2) is 60.0 Å². The third-order valence-electron chi connectivity index (χ3n) is 4.21. The lowest BCUT2D eigenvalue weighted by molar-refractivity contribution is 0.866. The minimum absolute atomic E-state index is 1.00. The number of para-hydroxylation sites is 1. The van der Waals surface area contributed by atoms with E-state index in [1.807, 2.05) is 18.2 Å². The van der Waals surface area contributed by atoms with E-state index < -0.39 is 0 Å². The molecule has 0 radical (unpaired) electrons. The fourth-order valence-electron chi connectivity index (χ4n) is 2.74. The molecule has 1 aromatic heterocycles. The Labute approximate surface area is 148 Å². The number of aromatic nitrogens is 1. The molecule has 0 aliphatic heterocycles. The fraction of sp³-hybridized carbons (Fsp3) is 0.250. The summed E-state index contributed by atoms with van der Waals surface area (Å²) in [6, 6.07) is 19.0. The van der Waals surface area contributed by atoms with Gasteiger partial charge in [-0.05, 0) is 38.1 Å². The maximum Gasteiger partial charge on any atom is 0.190 e. The molecule has 3 nitrogen and oxygen atoms in total. The molecule has 3 aromatic rings. The van der Waals surface area contributed by atoms with Gasteiger partial charge in [-0.15, -0.1) is 11.3 Å². The molecule has 0 spiro atoms. The lowest BCUT2D eigenvalue weighted by atomic mass is 10.1. The van der Waals surface area contributed by atoms with Gasteiger partial charge in [0.15, 0.2) is 5.13 Å². The number of hydrogen-bond acceptors (Lipinski definition) is 4. The van der Waals surface area contributed by atoms with Crippen molar-refractivity contribution in [2.24, 2.45) is 0 Å². The standard InChI is InChI=1S/C20H23N3S/c1-4-23(5-2)18-13-11-16(12-14-18)19-15-24-20(21-19)22(3)17-9-7-6-8-10-17/h6-15H,4-5H2,1-3H3. The summed E-state index contributed by atoms with van der Waals surface area (Å²) in [5.74, 6) is 0. The maximum absolute atomic E-state index is 4.80. The van der Waals surface area contributed by atoms with E-state index in [9.17, 15) is 0 Å². The Kier molecular flexibility index (Phi) is 5.16. The first-order valence-electron chi connectivity index (χ1n) is 8.32. The Hall–Kier alpha value is -2.33. The van der Waals surface area contributed by atoms with Crippen molar-refractivity contribution in [2.75, 3.05) is 29.9 Å². The summed E-state index contributed by atoms with van der Waals surface area (Å²) in [5, 5.41) is 3.13. The van der Waals surface area contributed by atoms with Crippen LogP contribution in [0.1, 0.15) is 13.8 Å². The Bertz CT molecular complexity index is 761. The topological polar surface area (TPSA) is 19.4 Å². The Morgan fingerprint density at radius 3 is 2.17 bits per heavy atom. The molecule has 0 unspecified atom stereocenters. The average Bonchev–Trinajstić information content (AvgIpc) is 3.13. The van der Waals surface area contributed by atoms with E-state index in [-0.39, 0.29) is 0 Å². The summed E-state index contributed by atoms with van der Waals surface area (Å²) < 4.78 is 0. The van der Waals surface area contributed by atoms with Crippen molar-refractivity contribution >= 4 is 27.8 Å². The van der Waals surface area contributed by atoms with Crippen LogP contribution in [-0.2, 0) is 0 Å². The Morgan fingerprint density at radius 2 is 1.54 bits per heavy atom. The lowest BCUT2D eigenvalue weighted by Gasteiger charge is -2.21. The zero-order chi connectivity index (χ0) is 16.9. The minimum Gasteiger partial charge on any atom is -0.372 e. The second-order valence-corrected chi connectivity index (χ2v) is 6.47. The van der Waals surface area contributed by atoms with E-state index in [2.05, 4.69) is 72.5 Å². The molecule has 0 atom stereocenters. The van der Waals surface area contributed by atoms with Crippen LogP contribution >= 0.6 is 11.3 Å². The van der Waals surface area contributed by atoms with Gasteiger partial charge in [0.1, 0.15) is 0 Å². The highest BCUT2D eigenvalue weighted by atomic mass is 32.1. The molecule has 0 aliphatic carbocycles. The number of thiazole rings is 1. The largest absolute Gasteiger partial charge is 0.372 e. The lowest BCUT2D eigenvalue weighted by Crippen LogP contribution is -2.21. The molecule has 0 saturated heterocycles. The van der Waals surface area contributed by atoms with Crippen LogP contribution < -0.4 is 9.80 Å². The maximum atomic E-state index is 4.80.